The van der Waals surface area contributed by atoms with Gasteiger partial charge < -0.3 is 4.74 Å². The fourth-order valence-corrected chi connectivity index (χ4v) is 3.31. The van der Waals surface area contributed by atoms with E-state index in [-0.39, 0.29) is 5.75 Å². The average Bonchev–Trinajstić information content (AvgIpc) is 3.05. The standard InChI is InChI=1S/C19H15BrF3N5O/c20-14-3-1-2-13(8-14)10-27-11-18-17(26-27)9-24-12-28(18)25-15-4-6-16(7-5-15)29-19(21,22)23/h1-9,11-12,25-26H,10H2. The highest BCUT2D eigenvalue weighted by Crippen LogP contribution is 2.27. The molecule has 2 aromatic rings. The minimum atomic E-state index is -4.72. The summed E-state index contributed by atoms with van der Waals surface area (Å²) in [5.41, 5.74) is 9.68. The smallest absolute Gasteiger partial charge is 0.406 e. The topological polar surface area (TPSA) is 52.1 Å². The molecule has 0 spiro atoms. The first-order valence-corrected chi connectivity index (χ1v) is 9.30. The molecule has 0 radical (unpaired) electrons. The van der Waals surface area contributed by atoms with Gasteiger partial charge in [0.15, 0.2) is 0 Å². The predicted octanol–water partition coefficient (Wildman–Crippen LogP) is 4.72. The molecular formula is C19H15BrF3N5O. The molecule has 2 N–H and O–H groups in total. The van der Waals surface area contributed by atoms with Gasteiger partial charge in [0, 0.05) is 10.7 Å². The van der Waals surface area contributed by atoms with Gasteiger partial charge in [0.1, 0.15) is 17.8 Å². The summed E-state index contributed by atoms with van der Waals surface area (Å²) in [7, 11) is 0. The van der Waals surface area contributed by atoms with Crippen molar-refractivity contribution in [2.75, 3.05) is 5.43 Å². The van der Waals surface area contributed by atoms with Gasteiger partial charge in [-0.15, -0.1) is 13.2 Å². The van der Waals surface area contributed by atoms with Crippen LogP contribution in [0.2, 0.25) is 0 Å². The van der Waals surface area contributed by atoms with E-state index < -0.39 is 6.36 Å². The number of halogens is 4. The van der Waals surface area contributed by atoms with Crippen molar-refractivity contribution >= 4 is 28.0 Å². The van der Waals surface area contributed by atoms with Crippen LogP contribution in [-0.4, -0.2) is 22.7 Å². The average molecular weight is 466 g/mol. The molecule has 10 heteroatoms. The third-order valence-corrected chi connectivity index (χ3v) is 4.54. The van der Waals surface area contributed by atoms with Gasteiger partial charge >= 0.3 is 6.36 Å². The first-order chi connectivity index (χ1) is 13.9. The fraction of sp³-hybridized carbons (Fsp3) is 0.105. The van der Waals surface area contributed by atoms with Gasteiger partial charge in [0.2, 0.25) is 0 Å². The van der Waals surface area contributed by atoms with Crippen molar-refractivity contribution in [3.05, 3.63) is 82.4 Å². The van der Waals surface area contributed by atoms with Gasteiger partial charge in [-0.1, -0.05) is 28.1 Å². The van der Waals surface area contributed by atoms with E-state index in [0.29, 0.717) is 12.2 Å². The molecule has 2 heterocycles. The quantitative estimate of drug-likeness (QED) is 0.668. The van der Waals surface area contributed by atoms with Crippen LogP contribution in [0.3, 0.4) is 0 Å². The summed E-state index contributed by atoms with van der Waals surface area (Å²) >= 11 is 3.46. The number of hydrogen-bond donors (Lipinski definition) is 2. The van der Waals surface area contributed by atoms with Gasteiger partial charge in [0.25, 0.3) is 0 Å². The van der Waals surface area contributed by atoms with Gasteiger partial charge in [-0.05, 0) is 42.0 Å². The van der Waals surface area contributed by atoms with Gasteiger partial charge in [-0.2, -0.15) is 0 Å². The molecule has 2 aliphatic rings. The third-order valence-electron chi connectivity index (χ3n) is 4.04. The minimum Gasteiger partial charge on any atom is -0.406 e. The van der Waals surface area contributed by atoms with Gasteiger partial charge in [0.05, 0.1) is 24.1 Å². The SMILES string of the molecule is FC(F)(F)Oc1ccc(NN2C=NC=C3NN(Cc4cccc(Br)c4)C=C32)cc1. The van der Waals surface area contributed by atoms with Crippen molar-refractivity contribution in [2.45, 2.75) is 12.9 Å². The monoisotopic (exact) mass is 465 g/mol. The molecule has 4 rings (SSSR count). The lowest BCUT2D eigenvalue weighted by molar-refractivity contribution is -0.274. The lowest BCUT2D eigenvalue weighted by Gasteiger charge is -2.24. The fourth-order valence-electron chi connectivity index (χ4n) is 2.86. The Morgan fingerprint density at radius 2 is 1.93 bits per heavy atom. The molecule has 0 amide bonds. The molecule has 29 heavy (non-hydrogen) atoms. The lowest BCUT2D eigenvalue weighted by Crippen LogP contribution is -2.32. The van der Waals surface area contributed by atoms with E-state index in [1.165, 1.54) is 24.3 Å². The van der Waals surface area contributed by atoms with Gasteiger partial charge in [-0.3, -0.25) is 15.9 Å². The molecule has 0 aliphatic carbocycles. The van der Waals surface area contributed by atoms with E-state index in [1.54, 1.807) is 17.5 Å². The van der Waals surface area contributed by atoms with Crippen LogP contribution < -0.4 is 15.6 Å². The minimum absolute atomic E-state index is 0.280. The van der Waals surface area contributed by atoms with E-state index in [4.69, 9.17) is 0 Å². The van der Waals surface area contributed by atoms with Crippen LogP contribution in [0.25, 0.3) is 0 Å². The summed E-state index contributed by atoms with van der Waals surface area (Å²) in [6.45, 7) is 0.637. The summed E-state index contributed by atoms with van der Waals surface area (Å²) in [6, 6.07) is 13.5. The molecule has 0 bridgehead atoms. The lowest BCUT2D eigenvalue weighted by atomic mass is 10.2. The highest BCUT2D eigenvalue weighted by Gasteiger charge is 2.31. The van der Waals surface area contributed by atoms with Gasteiger partial charge in [-0.25, -0.2) is 10.0 Å². The van der Waals surface area contributed by atoms with Crippen LogP contribution in [0.1, 0.15) is 5.56 Å². The van der Waals surface area contributed by atoms with E-state index in [9.17, 15) is 13.2 Å². The number of benzene rings is 2. The number of hydrogen-bond acceptors (Lipinski definition) is 6. The van der Waals surface area contributed by atoms with Crippen molar-refractivity contribution in [2.24, 2.45) is 4.99 Å². The number of nitrogens with zero attached hydrogens (tertiary/aromatic N) is 3. The molecule has 0 atom stereocenters. The van der Waals surface area contributed by atoms with Crippen LogP contribution in [0, 0.1) is 0 Å². The molecule has 2 aromatic carbocycles. The zero-order chi connectivity index (χ0) is 20.4. The Hall–Kier alpha value is -3.14. The maximum Gasteiger partial charge on any atom is 0.573 e. The first-order valence-electron chi connectivity index (χ1n) is 8.51. The van der Waals surface area contributed by atoms with Crippen molar-refractivity contribution < 1.29 is 17.9 Å². The maximum absolute atomic E-state index is 12.3. The van der Waals surface area contributed by atoms with Crippen molar-refractivity contribution in [3.8, 4) is 5.75 Å². The molecule has 2 aliphatic heterocycles. The Morgan fingerprint density at radius 1 is 1.14 bits per heavy atom. The van der Waals surface area contributed by atoms with Crippen molar-refractivity contribution in [1.29, 1.82) is 0 Å². The number of hydrazine groups is 2. The Bertz CT molecular complexity index is 988. The number of rotatable bonds is 5. The van der Waals surface area contributed by atoms with Crippen LogP contribution in [-0.2, 0) is 6.54 Å². The predicted molar refractivity (Wildman–Crippen MR) is 106 cm³/mol. The molecule has 0 saturated heterocycles. The second-order valence-electron chi connectivity index (χ2n) is 6.25. The summed E-state index contributed by atoms with van der Waals surface area (Å²) < 4.78 is 41.7. The Morgan fingerprint density at radius 3 is 2.66 bits per heavy atom. The van der Waals surface area contributed by atoms with E-state index in [2.05, 4.69) is 36.5 Å². The van der Waals surface area contributed by atoms with Crippen molar-refractivity contribution in [1.82, 2.24) is 15.4 Å². The number of anilines is 1. The molecule has 6 nitrogen and oxygen atoms in total. The zero-order valence-corrected chi connectivity index (χ0v) is 16.4. The number of nitrogens with one attached hydrogen (secondary N) is 2. The third kappa shape index (κ3) is 4.83. The van der Waals surface area contributed by atoms with E-state index in [1.807, 2.05) is 35.5 Å². The Balaban J connectivity index is 1.45. The number of alkyl halides is 3. The summed E-state index contributed by atoms with van der Waals surface area (Å²) in [5, 5.41) is 3.61. The number of fused-ring (bicyclic) bond motifs is 1. The van der Waals surface area contributed by atoms with E-state index in [0.717, 1.165) is 21.4 Å². The first kappa shape index (κ1) is 19.2. The number of ether oxygens (including phenoxy) is 1. The number of aliphatic imine (C=N–C) groups is 1. The van der Waals surface area contributed by atoms with Crippen LogP contribution in [0.15, 0.2) is 81.8 Å². The molecule has 0 saturated carbocycles. The summed E-state index contributed by atoms with van der Waals surface area (Å²) in [5.74, 6) is -0.280. The highest BCUT2D eigenvalue weighted by molar-refractivity contribution is 9.10. The zero-order valence-electron chi connectivity index (χ0n) is 14.8. The van der Waals surface area contributed by atoms with Crippen LogP contribution in [0.4, 0.5) is 18.9 Å². The highest BCUT2D eigenvalue weighted by atomic mass is 79.9. The van der Waals surface area contributed by atoms with Crippen LogP contribution >= 0.6 is 15.9 Å². The molecule has 150 valence electrons. The largest absolute Gasteiger partial charge is 0.573 e. The Labute approximate surface area is 173 Å². The molecule has 0 unspecified atom stereocenters. The second kappa shape index (κ2) is 7.70. The molecule has 0 aromatic heterocycles. The summed E-state index contributed by atoms with van der Waals surface area (Å²) in [4.78, 5) is 4.18. The van der Waals surface area contributed by atoms with E-state index >= 15 is 0 Å². The maximum atomic E-state index is 12.3. The van der Waals surface area contributed by atoms with Crippen molar-refractivity contribution in [3.63, 3.8) is 0 Å². The Kier molecular flexibility index (Phi) is 5.10. The normalized spacial score (nSPS) is 15.4. The second-order valence-corrected chi connectivity index (χ2v) is 7.16. The molecule has 0 fully saturated rings. The molecular weight excluding hydrogens is 451 g/mol. The summed E-state index contributed by atoms with van der Waals surface area (Å²) in [6.07, 6.45) is 0.489. The van der Waals surface area contributed by atoms with Crippen LogP contribution in [0.5, 0.6) is 5.75 Å².